The Morgan fingerprint density at radius 3 is 3.00 bits per heavy atom. The van der Waals surface area contributed by atoms with Crippen LogP contribution in [0, 0.1) is 6.92 Å². The summed E-state index contributed by atoms with van der Waals surface area (Å²) in [5, 5.41) is 6.50. The Balaban J connectivity index is 1.86. The number of anilines is 1. The van der Waals surface area contributed by atoms with Gasteiger partial charge in [-0.05, 0) is 26.0 Å². The molecule has 0 aliphatic carbocycles. The number of thiazole rings is 1. The molecule has 100 valence electrons. The number of rotatable bonds is 2. The van der Waals surface area contributed by atoms with Gasteiger partial charge in [-0.3, -0.25) is 0 Å². The van der Waals surface area contributed by atoms with Crippen molar-refractivity contribution in [3.63, 3.8) is 0 Å². The summed E-state index contributed by atoms with van der Waals surface area (Å²) in [6.45, 7) is 6.04. The number of hydrogen-bond donors (Lipinski definition) is 1. The number of nitrogens with zero attached hydrogens (tertiary/aromatic N) is 4. The molecule has 1 aliphatic rings. The molecular formula is C13H17N5S. The quantitative estimate of drug-likeness (QED) is 0.904. The van der Waals surface area contributed by atoms with Gasteiger partial charge in [0.25, 0.3) is 0 Å². The summed E-state index contributed by atoms with van der Waals surface area (Å²) in [5.41, 5.74) is 1.85. The van der Waals surface area contributed by atoms with Gasteiger partial charge in [-0.15, -0.1) is 11.3 Å². The highest BCUT2D eigenvalue weighted by Gasteiger charge is 2.13. The molecule has 0 aromatic carbocycles. The van der Waals surface area contributed by atoms with E-state index in [-0.39, 0.29) is 0 Å². The molecule has 0 radical (unpaired) electrons. The van der Waals surface area contributed by atoms with Crippen LogP contribution in [0.3, 0.4) is 0 Å². The number of aryl methyl sites for hydroxylation is 1. The monoisotopic (exact) mass is 275 g/mol. The second kappa shape index (κ2) is 5.63. The SMILES string of the molecule is Cc1nc(-c2ccnc(N3CCCNCC3)n2)cs1. The van der Waals surface area contributed by atoms with E-state index >= 15 is 0 Å². The molecule has 0 unspecified atom stereocenters. The molecule has 19 heavy (non-hydrogen) atoms. The molecule has 0 spiro atoms. The van der Waals surface area contributed by atoms with E-state index in [1.54, 1.807) is 11.3 Å². The largest absolute Gasteiger partial charge is 0.339 e. The predicted octanol–water partition coefficient (Wildman–Crippen LogP) is 1.71. The molecular weight excluding hydrogens is 258 g/mol. The third kappa shape index (κ3) is 2.90. The van der Waals surface area contributed by atoms with Crippen molar-refractivity contribution in [2.45, 2.75) is 13.3 Å². The van der Waals surface area contributed by atoms with Crippen LogP contribution in [0.2, 0.25) is 0 Å². The molecule has 0 atom stereocenters. The van der Waals surface area contributed by atoms with Crippen molar-refractivity contribution in [3.8, 4) is 11.4 Å². The lowest BCUT2D eigenvalue weighted by atomic mass is 10.3. The molecule has 2 aromatic rings. The predicted molar refractivity (Wildman–Crippen MR) is 77.6 cm³/mol. The summed E-state index contributed by atoms with van der Waals surface area (Å²) < 4.78 is 0. The minimum absolute atomic E-state index is 0.812. The summed E-state index contributed by atoms with van der Waals surface area (Å²) in [6.07, 6.45) is 2.95. The maximum absolute atomic E-state index is 4.65. The molecule has 0 saturated carbocycles. The van der Waals surface area contributed by atoms with Crippen molar-refractivity contribution in [2.75, 3.05) is 31.1 Å². The first-order valence-corrected chi connectivity index (χ1v) is 7.42. The van der Waals surface area contributed by atoms with E-state index in [9.17, 15) is 0 Å². The van der Waals surface area contributed by atoms with Crippen molar-refractivity contribution in [1.29, 1.82) is 0 Å². The van der Waals surface area contributed by atoms with Crippen molar-refractivity contribution in [3.05, 3.63) is 22.7 Å². The normalized spacial score (nSPS) is 16.4. The van der Waals surface area contributed by atoms with Gasteiger partial charge >= 0.3 is 0 Å². The van der Waals surface area contributed by atoms with E-state index in [1.165, 1.54) is 0 Å². The zero-order valence-electron chi connectivity index (χ0n) is 11.0. The highest BCUT2D eigenvalue weighted by atomic mass is 32.1. The molecule has 1 N–H and O–H groups in total. The highest BCUT2D eigenvalue weighted by molar-refractivity contribution is 7.09. The van der Waals surface area contributed by atoms with Crippen molar-refractivity contribution < 1.29 is 0 Å². The maximum Gasteiger partial charge on any atom is 0.225 e. The Hall–Kier alpha value is -1.53. The van der Waals surface area contributed by atoms with Gasteiger partial charge in [0.05, 0.1) is 10.7 Å². The van der Waals surface area contributed by atoms with Gasteiger partial charge in [0, 0.05) is 31.2 Å². The maximum atomic E-state index is 4.65. The van der Waals surface area contributed by atoms with E-state index < -0.39 is 0 Å². The van der Waals surface area contributed by atoms with Gasteiger partial charge in [0.15, 0.2) is 0 Å². The fourth-order valence-electron chi connectivity index (χ4n) is 2.17. The topological polar surface area (TPSA) is 53.9 Å². The summed E-state index contributed by atoms with van der Waals surface area (Å²) in [5.74, 6) is 0.812. The lowest BCUT2D eigenvalue weighted by Crippen LogP contribution is -2.29. The molecule has 3 rings (SSSR count). The zero-order chi connectivity index (χ0) is 13.1. The van der Waals surface area contributed by atoms with E-state index in [1.807, 2.05) is 24.6 Å². The molecule has 3 heterocycles. The first-order chi connectivity index (χ1) is 9.33. The average Bonchev–Trinajstić information content (AvgIpc) is 2.71. The average molecular weight is 275 g/mol. The van der Waals surface area contributed by atoms with Crippen LogP contribution in [-0.2, 0) is 0 Å². The Morgan fingerprint density at radius 2 is 2.16 bits per heavy atom. The summed E-state index contributed by atoms with van der Waals surface area (Å²) in [6, 6.07) is 1.92. The lowest BCUT2D eigenvalue weighted by molar-refractivity contribution is 0.724. The highest BCUT2D eigenvalue weighted by Crippen LogP contribution is 2.21. The fraction of sp³-hybridized carbons (Fsp3) is 0.462. The molecule has 6 heteroatoms. The number of aromatic nitrogens is 3. The molecule has 5 nitrogen and oxygen atoms in total. The first-order valence-electron chi connectivity index (χ1n) is 6.54. The standard InChI is InChI=1S/C13H17N5S/c1-10-16-12(9-19-10)11-3-5-15-13(17-11)18-7-2-4-14-6-8-18/h3,5,9,14H,2,4,6-8H2,1H3. The van der Waals surface area contributed by atoms with Crippen molar-refractivity contribution >= 4 is 17.3 Å². The van der Waals surface area contributed by atoms with Gasteiger partial charge in [0.2, 0.25) is 5.95 Å². The number of hydrogen-bond acceptors (Lipinski definition) is 6. The van der Waals surface area contributed by atoms with Crippen LogP contribution >= 0.6 is 11.3 Å². The Labute approximate surface area is 116 Å². The van der Waals surface area contributed by atoms with Crippen molar-refractivity contribution in [2.24, 2.45) is 0 Å². The molecule has 1 saturated heterocycles. The minimum Gasteiger partial charge on any atom is -0.339 e. The molecule has 0 amide bonds. The number of nitrogens with one attached hydrogen (secondary N) is 1. The third-order valence-electron chi connectivity index (χ3n) is 3.15. The van der Waals surface area contributed by atoms with E-state index in [4.69, 9.17) is 0 Å². The van der Waals surface area contributed by atoms with Crippen LogP contribution < -0.4 is 10.2 Å². The molecule has 1 aliphatic heterocycles. The van der Waals surface area contributed by atoms with Crippen LogP contribution in [0.15, 0.2) is 17.6 Å². The minimum atomic E-state index is 0.812. The van der Waals surface area contributed by atoms with Crippen LogP contribution in [0.25, 0.3) is 11.4 Å². The van der Waals surface area contributed by atoms with Gasteiger partial charge in [-0.2, -0.15) is 0 Å². The van der Waals surface area contributed by atoms with E-state index in [0.717, 1.165) is 54.9 Å². The van der Waals surface area contributed by atoms with Crippen LogP contribution in [-0.4, -0.2) is 41.1 Å². The van der Waals surface area contributed by atoms with Crippen LogP contribution in [0.4, 0.5) is 5.95 Å². The first kappa shape index (κ1) is 12.5. The molecule has 1 fully saturated rings. The van der Waals surface area contributed by atoms with Crippen molar-refractivity contribution in [1.82, 2.24) is 20.3 Å². The smallest absolute Gasteiger partial charge is 0.225 e. The second-order valence-electron chi connectivity index (χ2n) is 4.58. The van der Waals surface area contributed by atoms with Gasteiger partial charge < -0.3 is 10.2 Å². The molecule has 0 bridgehead atoms. The second-order valence-corrected chi connectivity index (χ2v) is 5.65. The third-order valence-corrected chi connectivity index (χ3v) is 3.92. The Kier molecular flexibility index (Phi) is 3.70. The van der Waals surface area contributed by atoms with Gasteiger partial charge in [-0.25, -0.2) is 15.0 Å². The van der Waals surface area contributed by atoms with Crippen LogP contribution in [0.5, 0.6) is 0 Å². The Bertz CT molecular complexity index is 545. The molecule has 2 aromatic heterocycles. The summed E-state index contributed by atoms with van der Waals surface area (Å²) in [7, 11) is 0. The zero-order valence-corrected chi connectivity index (χ0v) is 11.8. The van der Waals surface area contributed by atoms with Gasteiger partial charge in [-0.1, -0.05) is 0 Å². The Morgan fingerprint density at radius 1 is 1.21 bits per heavy atom. The van der Waals surface area contributed by atoms with E-state index in [2.05, 4.69) is 25.2 Å². The van der Waals surface area contributed by atoms with E-state index in [0.29, 0.717) is 0 Å². The lowest BCUT2D eigenvalue weighted by Gasteiger charge is -2.19. The summed E-state index contributed by atoms with van der Waals surface area (Å²) >= 11 is 1.65. The summed E-state index contributed by atoms with van der Waals surface area (Å²) in [4.78, 5) is 15.8. The van der Waals surface area contributed by atoms with Crippen LogP contribution in [0.1, 0.15) is 11.4 Å². The van der Waals surface area contributed by atoms with Gasteiger partial charge in [0.1, 0.15) is 5.69 Å². The fourth-order valence-corrected chi connectivity index (χ4v) is 2.78.